The molecule has 0 fully saturated rings. The van der Waals surface area contributed by atoms with Gasteiger partial charge in [-0.25, -0.2) is 0 Å². The molecule has 1 N–H and O–H groups in total. The molecule has 0 unspecified atom stereocenters. The molecule has 0 atom stereocenters. The first-order valence-corrected chi connectivity index (χ1v) is 6.20. The van der Waals surface area contributed by atoms with E-state index < -0.39 is 0 Å². The number of nitrogens with one attached hydrogen (secondary N) is 1. The van der Waals surface area contributed by atoms with Crippen LogP contribution in [0.5, 0.6) is 0 Å². The molecule has 0 aliphatic rings. The van der Waals surface area contributed by atoms with Gasteiger partial charge in [0.1, 0.15) is 0 Å². The zero-order chi connectivity index (χ0) is 12.1. The van der Waals surface area contributed by atoms with Gasteiger partial charge in [-0.3, -0.25) is 0 Å². The van der Waals surface area contributed by atoms with Crippen LogP contribution in [0.2, 0.25) is 10.0 Å². The average Bonchev–Trinajstić information content (AvgIpc) is 2.33. The van der Waals surface area contributed by atoms with Crippen molar-refractivity contribution in [1.82, 2.24) is 5.32 Å². The number of hydrogen-bond donors (Lipinski definition) is 1. The van der Waals surface area contributed by atoms with Gasteiger partial charge in [-0.1, -0.05) is 59.6 Å². The van der Waals surface area contributed by atoms with Crippen molar-refractivity contribution in [2.24, 2.45) is 0 Å². The first kappa shape index (κ1) is 15.5. The number of benzene rings is 2. The monoisotopic (exact) mass is 345 g/mol. The third-order valence-electron chi connectivity index (χ3n) is 2.50. The standard InChI is InChI=1S/C14H13Cl2N.BrH/c15-13-7-6-12(14(16)8-13)10-17-9-11-4-2-1-3-5-11;/h1-8,17H,9-10H2;1H. The summed E-state index contributed by atoms with van der Waals surface area (Å²) in [6.45, 7) is 1.57. The molecular formula is C14H14BrCl2N. The van der Waals surface area contributed by atoms with Gasteiger partial charge in [0.15, 0.2) is 0 Å². The summed E-state index contributed by atoms with van der Waals surface area (Å²) in [5.41, 5.74) is 2.32. The Hall–Kier alpha value is -0.540. The van der Waals surface area contributed by atoms with Crippen molar-refractivity contribution in [3.05, 3.63) is 69.7 Å². The summed E-state index contributed by atoms with van der Waals surface area (Å²) in [6.07, 6.45) is 0. The third-order valence-corrected chi connectivity index (χ3v) is 3.09. The second-order valence-electron chi connectivity index (χ2n) is 3.82. The molecule has 0 radical (unpaired) electrons. The average molecular weight is 347 g/mol. The molecular weight excluding hydrogens is 333 g/mol. The van der Waals surface area contributed by atoms with E-state index in [1.54, 1.807) is 6.07 Å². The van der Waals surface area contributed by atoms with Gasteiger partial charge in [0.05, 0.1) is 0 Å². The lowest BCUT2D eigenvalue weighted by Crippen LogP contribution is -2.12. The molecule has 0 aliphatic heterocycles. The van der Waals surface area contributed by atoms with Crippen molar-refractivity contribution in [2.45, 2.75) is 13.1 Å². The minimum Gasteiger partial charge on any atom is -0.309 e. The van der Waals surface area contributed by atoms with Crippen LogP contribution in [0.25, 0.3) is 0 Å². The van der Waals surface area contributed by atoms with E-state index in [0.717, 1.165) is 18.7 Å². The van der Waals surface area contributed by atoms with E-state index in [2.05, 4.69) is 17.4 Å². The van der Waals surface area contributed by atoms with E-state index >= 15 is 0 Å². The molecule has 4 heteroatoms. The molecule has 2 aromatic carbocycles. The largest absolute Gasteiger partial charge is 0.309 e. The Morgan fingerprint density at radius 3 is 2.28 bits per heavy atom. The van der Waals surface area contributed by atoms with Gasteiger partial charge in [0.2, 0.25) is 0 Å². The molecule has 0 aromatic heterocycles. The lowest BCUT2D eigenvalue weighted by Gasteiger charge is -2.07. The number of rotatable bonds is 4. The topological polar surface area (TPSA) is 12.0 Å². The maximum Gasteiger partial charge on any atom is 0.0465 e. The van der Waals surface area contributed by atoms with Crippen molar-refractivity contribution in [3.63, 3.8) is 0 Å². The van der Waals surface area contributed by atoms with E-state index in [1.807, 2.05) is 30.3 Å². The van der Waals surface area contributed by atoms with Gasteiger partial charge in [-0.2, -0.15) is 0 Å². The van der Waals surface area contributed by atoms with Gasteiger partial charge < -0.3 is 5.32 Å². The zero-order valence-corrected chi connectivity index (χ0v) is 12.9. The highest BCUT2D eigenvalue weighted by Crippen LogP contribution is 2.20. The van der Waals surface area contributed by atoms with Gasteiger partial charge in [0, 0.05) is 23.1 Å². The normalized spacial score (nSPS) is 9.89. The fourth-order valence-corrected chi connectivity index (χ4v) is 2.08. The van der Waals surface area contributed by atoms with Crippen LogP contribution < -0.4 is 5.32 Å². The molecule has 0 amide bonds. The van der Waals surface area contributed by atoms with Gasteiger partial charge in [0.25, 0.3) is 0 Å². The van der Waals surface area contributed by atoms with Crippen LogP contribution in [0.4, 0.5) is 0 Å². The van der Waals surface area contributed by atoms with E-state index in [0.29, 0.717) is 10.0 Å². The second-order valence-corrected chi connectivity index (χ2v) is 4.67. The van der Waals surface area contributed by atoms with Crippen LogP contribution in [-0.2, 0) is 13.1 Å². The van der Waals surface area contributed by atoms with Crippen molar-refractivity contribution >= 4 is 40.2 Å². The van der Waals surface area contributed by atoms with Crippen LogP contribution in [0.15, 0.2) is 48.5 Å². The fraction of sp³-hybridized carbons (Fsp3) is 0.143. The molecule has 0 heterocycles. The first-order valence-electron chi connectivity index (χ1n) is 5.44. The van der Waals surface area contributed by atoms with Crippen molar-refractivity contribution < 1.29 is 0 Å². The van der Waals surface area contributed by atoms with Crippen molar-refractivity contribution in [3.8, 4) is 0 Å². The van der Waals surface area contributed by atoms with Crippen LogP contribution in [0.3, 0.4) is 0 Å². The highest BCUT2D eigenvalue weighted by Gasteiger charge is 2.00. The summed E-state index contributed by atoms with van der Waals surface area (Å²) in [4.78, 5) is 0. The molecule has 18 heavy (non-hydrogen) atoms. The molecule has 2 aromatic rings. The zero-order valence-electron chi connectivity index (χ0n) is 9.70. The minimum atomic E-state index is 0. The Labute approximate surface area is 128 Å². The third kappa shape index (κ3) is 4.62. The Kier molecular flexibility index (Phi) is 6.72. The summed E-state index contributed by atoms with van der Waals surface area (Å²) >= 11 is 11.9. The van der Waals surface area contributed by atoms with Crippen molar-refractivity contribution in [1.29, 1.82) is 0 Å². The second kappa shape index (κ2) is 7.80. The molecule has 96 valence electrons. The predicted molar refractivity (Wildman–Crippen MR) is 83.8 cm³/mol. The maximum absolute atomic E-state index is 6.09. The quantitative estimate of drug-likeness (QED) is 0.833. The minimum absolute atomic E-state index is 0. The fourth-order valence-electron chi connectivity index (χ4n) is 1.60. The van der Waals surface area contributed by atoms with Gasteiger partial charge in [-0.15, -0.1) is 17.0 Å². The smallest absolute Gasteiger partial charge is 0.0465 e. The summed E-state index contributed by atoms with van der Waals surface area (Å²) in [5.74, 6) is 0. The van der Waals surface area contributed by atoms with E-state index in [-0.39, 0.29) is 17.0 Å². The molecule has 2 rings (SSSR count). The number of halogens is 3. The highest BCUT2D eigenvalue weighted by atomic mass is 79.9. The van der Waals surface area contributed by atoms with E-state index in [9.17, 15) is 0 Å². The lowest BCUT2D eigenvalue weighted by atomic mass is 10.2. The number of hydrogen-bond acceptors (Lipinski definition) is 1. The first-order chi connectivity index (χ1) is 8.25. The molecule has 0 bridgehead atoms. The molecule has 0 saturated carbocycles. The lowest BCUT2D eigenvalue weighted by molar-refractivity contribution is 0.693. The SMILES string of the molecule is Br.Clc1ccc(CNCc2ccccc2)c(Cl)c1. The maximum atomic E-state index is 6.09. The molecule has 0 saturated heterocycles. The Bertz CT molecular complexity index is 488. The van der Waals surface area contributed by atoms with Crippen LogP contribution in [-0.4, -0.2) is 0 Å². The molecule has 0 aliphatic carbocycles. The molecule has 0 spiro atoms. The van der Waals surface area contributed by atoms with Gasteiger partial charge >= 0.3 is 0 Å². The van der Waals surface area contributed by atoms with Crippen molar-refractivity contribution in [2.75, 3.05) is 0 Å². The Morgan fingerprint density at radius 1 is 0.889 bits per heavy atom. The summed E-state index contributed by atoms with van der Waals surface area (Å²) < 4.78 is 0. The highest BCUT2D eigenvalue weighted by molar-refractivity contribution is 8.93. The Morgan fingerprint density at radius 2 is 1.61 bits per heavy atom. The van der Waals surface area contributed by atoms with Crippen LogP contribution >= 0.6 is 40.2 Å². The summed E-state index contributed by atoms with van der Waals surface area (Å²) in [5, 5.41) is 4.73. The Balaban J connectivity index is 0.00000162. The predicted octanol–water partition coefficient (Wildman–Crippen LogP) is 4.86. The summed E-state index contributed by atoms with van der Waals surface area (Å²) in [7, 11) is 0. The van der Waals surface area contributed by atoms with Gasteiger partial charge in [-0.05, 0) is 23.3 Å². The van der Waals surface area contributed by atoms with Crippen LogP contribution in [0, 0.1) is 0 Å². The van der Waals surface area contributed by atoms with E-state index in [4.69, 9.17) is 23.2 Å². The van der Waals surface area contributed by atoms with E-state index in [1.165, 1.54) is 5.56 Å². The molecule has 1 nitrogen and oxygen atoms in total. The van der Waals surface area contributed by atoms with Crippen LogP contribution in [0.1, 0.15) is 11.1 Å². The summed E-state index contributed by atoms with van der Waals surface area (Å²) in [6, 6.07) is 15.8.